The molecular formula is C13H15ClN2O3. The van der Waals surface area contributed by atoms with Gasteiger partial charge in [0.1, 0.15) is 6.61 Å². The van der Waals surface area contributed by atoms with Crippen molar-refractivity contribution in [3.63, 3.8) is 0 Å². The molecule has 1 aromatic carbocycles. The van der Waals surface area contributed by atoms with Crippen LogP contribution in [-0.2, 0) is 16.1 Å². The molecule has 3 N–H and O–H groups in total. The number of halogens is 1. The molecule has 1 rings (SSSR count). The zero-order valence-corrected chi connectivity index (χ0v) is 11.2. The molecule has 0 heterocycles. The third-order valence-corrected chi connectivity index (χ3v) is 2.60. The third-order valence-electron chi connectivity index (χ3n) is 2.24. The van der Waals surface area contributed by atoms with Gasteiger partial charge in [0.05, 0.1) is 12.2 Å². The molecular weight excluding hydrogens is 268 g/mol. The van der Waals surface area contributed by atoms with Crippen LogP contribution in [0.4, 0.5) is 0 Å². The van der Waals surface area contributed by atoms with Crippen molar-refractivity contribution in [1.82, 2.24) is 0 Å². The Morgan fingerprint density at radius 3 is 2.84 bits per heavy atom. The number of ether oxygens (including phenoxy) is 2. The lowest BCUT2D eigenvalue weighted by molar-refractivity contribution is 0.0521. The predicted molar refractivity (Wildman–Crippen MR) is 73.3 cm³/mol. The Morgan fingerprint density at radius 2 is 2.21 bits per heavy atom. The van der Waals surface area contributed by atoms with E-state index in [1.807, 2.05) is 0 Å². The number of hydrogen-bond donors (Lipinski definition) is 2. The minimum absolute atomic E-state index is 0.0317. The summed E-state index contributed by atoms with van der Waals surface area (Å²) in [6.07, 6.45) is 2.30. The zero-order valence-electron chi connectivity index (χ0n) is 10.5. The number of hydrogen-bond acceptors (Lipinski definition) is 5. The molecule has 0 saturated carbocycles. The molecule has 0 aliphatic rings. The van der Waals surface area contributed by atoms with Gasteiger partial charge in [0.25, 0.3) is 0 Å². The Morgan fingerprint density at radius 1 is 1.47 bits per heavy atom. The molecule has 102 valence electrons. The van der Waals surface area contributed by atoms with Crippen LogP contribution in [0.25, 0.3) is 0 Å². The number of carbonyl (C=O) groups is 1. The van der Waals surface area contributed by atoms with E-state index in [1.54, 1.807) is 25.1 Å². The lowest BCUT2D eigenvalue weighted by Crippen LogP contribution is -2.11. The summed E-state index contributed by atoms with van der Waals surface area (Å²) in [5.74, 6) is -0.386. The maximum absolute atomic E-state index is 11.8. The van der Waals surface area contributed by atoms with Crippen LogP contribution in [-0.4, -0.2) is 18.8 Å². The van der Waals surface area contributed by atoms with Crippen molar-refractivity contribution in [2.75, 3.05) is 6.61 Å². The fraction of sp³-hybridized carbons (Fsp3) is 0.231. The maximum Gasteiger partial charge on any atom is 0.338 e. The number of allylic oxidation sites excluding steroid dienone is 1. The van der Waals surface area contributed by atoms with Crippen LogP contribution in [0.5, 0.6) is 0 Å². The van der Waals surface area contributed by atoms with Gasteiger partial charge in [-0.15, -0.1) is 0 Å². The van der Waals surface area contributed by atoms with Gasteiger partial charge in [0.15, 0.2) is 5.88 Å². The first kappa shape index (κ1) is 15.0. The maximum atomic E-state index is 11.8. The van der Waals surface area contributed by atoms with E-state index in [0.29, 0.717) is 16.1 Å². The molecule has 0 radical (unpaired) electrons. The zero-order chi connectivity index (χ0) is 14.3. The van der Waals surface area contributed by atoms with E-state index >= 15 is 0 Å². The summed E-state index contributed by atoms with van der Waals surface area (Å²) in [6.45, 7) is 2.04. The molecule has 0 atom stereocenters. The molecule has 1 aromatic rings. The number of nitrogens with two attached hydrogens (primary N) is 1. The molecule has 0 aromatic heterocycles. The van der Waals surface area contributed by atoms with Gasteiger partial charge in [0.2, 0.25) is 0 Å². The first-order valence-corrected chi connectivity index (χ1v) is 6.01. The van der Waals surface area contributed by atoms with Gasteiger partial charge in [0, 0.05) is 22.9 Å². The number of nitrogens with one attached hydrogen (secondary N) is 1. The predicted octanol–water partition coefficient (Wildman–Crippen LogP) is 2.48. The minimum atomic E-state index is -0.460. The van der Waals surface area contributed by atoms with Crippen LogP contribution in [0.2, 0.25) is 5.02 Å². The molecule has 0 amide bonds. The van der Waals surface area contributed by atoms with Crippen LogP contribution >= 0.6 is 11.6 Å². The third kappa shape index (κ3) is 4.30. The Kier molecular flexibility index (Phi) is 5.89. The van der Waals surface area contributed by atoms with Crippen LogP contribution < -0.4 is 5.73 Å². The summed E-state index contributed by atoms with van der Waals surface area (Å²) in [4.78, 5) is 11.8. The average molecular weight is 283 g/mol. The largest absolute Gasteiger partial charge is 0.474 e. The van der Waals surface area contributed by atoms with E-state index < -0.39 is 5.97 Å². The normalized spacial score (nSPS) is 10.9. The standard InChI is InChI=1S/C13H15ClN2O3/c1-2-18-13(17)9-4-3-5-11(14)10(9)8-19-12(16)6-7-15/h3-7,15H,2,8,16H2,1H3. The second-order valence-electron chi connectivity index (χ2n) is 3.51. The number of carbonyl (C=O) groups excluding carboxylic acids is 1. The molecule has 19 heavy (non-hydrogen) atoms. The molecule has 0 unspecified atom stereocenters. The quantitative estimate of drug-likeness (QED) is 0.477. The highest BCUT2D eigenvalue weighted by atomic mass is 35.5. The van der Waals surface area contributed by atoms with Gasteiger partial charge in [-0.25, -0.2) is 4.79 Å². The average Bonchev–Trinajstić information content (AvgIpc) is 2.37. The van der Waals surface area contributed by atoms with Crippen LogP contribution in [0.1, 0.15) is 22.8 Å². The Bertz CT molecular complexity index is 501. The number of benzene rings is 1. The van der Waals surface area contributed by atoms with Gasteiger partial charge in [-0.3, -0.25) is 0 Å². The summed E-state index contributed by atoms with van der Waals surface area (Å²) in [7, 11) is 0. The number of esters is 1. The van der Waals surface area contributed by atoms with Gasteiger partial charge < -0.3 is 20.6 Å². The second kappa shape index (κ2) is 7.43. The first-order valence-electron chi connectivity index (χ1n) is 5.63. The molecule has 0 spiro atoms. The van der Waals surface area contributed by atoms with Gasteiger partial charge in [-0.2, -0.15) is 0 Å². The van der Waals surface area contributed by atoms with Gasteiger partial charge in [-0.1, -0.05) is 17.7 Å². The fourth-order valence-electron chi connectivity index (χ4n) is 1.39. The SMILES string of the molecule is CCOC(=O)c1cccc(Cl)c1COC(N)=CC=N. The smallest absolute Gasteiger partial charge is 0.338 e. The summed E-state index contributed by atoms with van der Waals surface area (Å²) in [6, 6.07) is 4.92. The highest BCUT2D eigenvalue weighted by molar-refractivity contribution is 6.31. The van der Waals surface area contributed by atoms with E-state index in [1.165, 1.54) is 6.08 Å². The van der Waals surface area contributed by atoms with E-state index in [0.717, 1.165) is 6.21 Å². The first-order chi connectivity index (χ1) is 9.10. The summed E-state index contributed by atoms with van der Waals surface area (Å²) in [5.41, 5.74) is 6.34. The van der Waals surface area contributed by atoms with Crippen molar-refractivity contribution >= 4 is 23.8 Å². The topological polar surface area (TPSA) is 85.4 Å². The monoisotopic (exact) mass is 282 g/mol. The highest BCUT2D eigenvalue weighted by Crippen LogP contribution is 2.22. The van der Waals surface area contributed by atoms with Gasteiger partial charge >= 0.3 is 5.97 Å². The molecule has 0 saturated heterocycles. The molecule has 0 fully saturated rings. The van der Waals surface area contributed by atoms with Crippen molar-refractivity contribution in [1.29, 1.82) is 5.41 Å². The van der Waals surface area contributed by atoms with Crippen molar-refractivity contribution in [2.24, 2.45) is 5.73 Å². The Hall–Kier alpha value is -2.01. The lowest BCUT2D eigenvalue weighted by Gasteiger charge is -2.11. The van der Waals surface area contributed by atoms with Crippen LogP contribution in [0, 0.1) is 5.41 Å². The molecule has 0 aliphatic heterocycles. The second-order valence-corrected chi connectivity index (χ2v) is 3.92. The molecule has 6 heteroatoms. The summed E-state index contributed by atoms with van der Waals surface area (Å²) < 4.78 is 10.2. The summed E-state index contributed by atoms with van der Waals surface area (Å²) in [5, 5.41) is 7.26. The van der Waals surface area contributed by atoms with E-state index in [2.05, 4.69) is 0 Å². The van der Waals surface area contributed by atoms with Crippen molar-refractivity contribution in [3.05, 3.63) is 46.3 Å². The van der Waals surface area contributed by atoms with E-state index in [-0.39, 0.29) is 19.1 Å². The summed E-state index contributed by atoms with van der Waals surface area (Å²) >= 11 is 6.04. The Labute approximate surface area is 116 Å². The molecule has 0 bridgehead atoms. The minimum Gasteiger partial charge on any atom is -0.474 e. The number of rotatable bonds is 6. The highest BCUT2D eigenvalue weighted by Gasteiger charge is 2.15. The fourth-order valence-corrected chi connectivity index (χ4v) is 1.62. The van der Waals surface area contributed by atoms with Crippen molar-refractivity contribution in [3.8, 4) is 0 Å². The van der Waals surface area contributed by atoms with E-state index in [4.69, 9.17) is 32.2 Å². The van der Waals surface area contributed by atoms with Crippen molar-refractivity contribution < 1.29 is 14.3 Å². The van der Waals surface area contributed by atoms with Crippen molar-refractivity contribution in [2.45, 2.75) is 13.5 Å². The van der Waals surface area contributed by atoms with Crippen LogP contribution in [0.3, 0.4) is 0 Å². The molecule has 5 nitrogen and oxygen atoms in total. The van der Waals surface area contributed by atoms with E-state index in [9.17, 15) is 4.79 Å². The Balaban J connectivity index is 2.95. The lowest BCUT2D eigenvalue weighted by atomic mass is 10.1. The van der Waals surface area contributed by atoms with Crippen LogP contribution in [0.15, 0.2) is 30.2 Å². The molecule has 0 aliphatic carbocycles. The van der Waals surface area contributed by atoms with Gasteiger partial charge in [-0.05, 0) is 19.1 Å².